The van der Waals surface area contributed by atoms with Crippen molar-refractivity contribution < 1.29 is 0 Å². The highest BCUT2D eigenvalue weighted by atomic mass is 15.0. The number of rotatable bonds is 10. The van der Waals surface area contributed by atoms with Gasteiger partial charge in [-0.2, -0.15) is 0 Å². The number of hydrogen-bond donors (Lipinski definition) is 0. The summed E-state index contributed by atoms with van der Waals surface area (Å²) in [5, 5.41) is 0. The van der Waals surface area contributed by atoms with Crippen LogP contribution in [0.25, 0.3) is 33.4 Å². The van der Waals surface area contributed by atoms with E-state index in [1.807, 2.05) is 6.07 Å². The molecule has 4 heteroatoms. The average Bonchev–Trinajstić information content (AvgIpc) is 3.81. The van der Waals surface area contributed by atoms with Crippen LogP contribution in [0.2, 0.25) is 0 Å². The van der Waals surface area contributed by atoms with E-state index in [9.17, 15) is 0 Å². The fourth-order valence-corrected chi connectivity index (χ4v) is 9.77. The van der Waals surface area contributed by atoms with Crippen LogP contribution in [0.5, 0.6) is 0 Å². The first-order valence-electron chi connectivity index (χ1n) is 24.1. The molecule has 0 spiro atoms. The summed E-state index contributed by atoms with van der Waals surface area (Å²) in [7, 11) is 0. The summed E-state index contributed by atoms with van der Waals surface area (Å²) >= 11 is 0. The zero-order chi connectivity index (χ0) is 46.4. The molecule has 332 valence electrons. The molecule has 7 aromatic carbocycles. The molecule has 0 saturated carbocycles. The number of nitrogens with zero attached hydrogens (tertiary/aromatic N) is 4. The fourth-order valence-electron chi connectivity index (χ4n) is 9.77. The van der Waals surface area contributed by atoms with Crippen LogP contribution in [0.1, 0.15) is 66.0 Å². The van der Waals surface area contributed by atoms with Gasteiger partial charge in [-0.1, -0.05) is 225 Å². The number of hydrogen-bond acceptors (Lipinski definition) is 4. The first-order chi connectivity index (χ1) is 34.1. The molecule has 0 bridgehead atoms. The van der Waals surface area contributed by atoms with Gasteiger partial charge in [0.25, 0.3) is 0 Å². The van der Waals surface area contributed by atoms with E-state index in [4.69, 9.17) is 20.0 Å². The van der Waals surface area contributed by atoms with Crippen LogP contribution in [0.15, 0.2) is 274 Å². The summed E-state index contributed by atoms with van der Waals surface area (Å²) in [6.45, 7) is 2.32. The van der Waals surface area contributed by atoms with Gasteiger partial charge in [0, 0.05) is 35.6 Å². The molecular formula is C65H52N4. The molecule has 2 unspecified atom stereocenters. The second-order valence-electron chi connectivity index (χ2n) is 18.1. The Morgan fingerprint density at radius 2 is 0.913 bits per heavy atom. The van der Waals surface area contributed by atoms with Gasteiger partial charge in [0.2, 0.25) is 0 Å². The Hall–Kier alpha value is -8.34. The topological polar surface area (TPSA) is 49.4 Å². The third kappa shape index (κ3) is 9.75. The van der Waals surface area contributed by atoms with E-state index in [2.05, 4.69) is 238 Å². The molecule has 4 aliphatic rings. The van der Waals surface area contributed by atoms with Crippen LogP contribution in [0.3, 0.4) is 0 Å². The molecule has 0 N–H and O–H groups in total. The molecule has 0 saturated heterocycles. The zero-order valence-corrected chi connectivity index (χ0v) is 38.8. The van der Waals surface area contributed by atoms with Crippen LogP contribution in [-0.2, 0) is 0 Å². The maximum absolute atomic E-state index is 5.44. The van der Waals surface area contributed by atoms with Crippen molar-refractivity contribution in [2.75, 3.05) is 0 Å². The molecule has 2 aliphatic carbocycles. The Morgan fingerprint density at radius 3 is 1.54 bits per heavy atom. The lowest BCUT2D eigenvalue weighted by atomic mass is 9.83. The Morgan fingerprint density at radius 1 is 0.420 bits per heavy atom. The summed E-state index contributed by atoms with van der Waals surface area (Å²) in [6, 6.07) is 68.5. The summed E-state index contributed by atoms with van der Waals surface area (Å²) < 4.78 is 0. The molecule has 0 aromatic heterocycles. The Bertz CT molecular complexity index is 3360. The van der Waals surface area contributed by atoms with Crippen molar-refractivity contribution in [1.29, 1.82) is 0 Å². The summed E-state index contributed by atoms with van der Waals surface area (Å²) in [6.07, 6.45) is 19.1. The van der Waals surface area contributed by atoms with Crippen molar-refractivity contribution in [2.24, 2.45) is 31.8 Å². The van der Waals surface area contributed by atoms with Crippen LogP contribution < -0.4 is 0 Å². The van der Waals surface area contributed by atoms with Crippen molar-refractivity contribution in [3.8, 4) is 22.3 Å². The third-order valence-corrected chi connectivity index (χ3v) is 13.4. The summed E-state index contributed by atoms with van der Waals surface area (Å²) in [4.78, 5) is 21.5. The monoisotopic (exact) mass is 888 g/mol. The number of allylic oxidation sites excluding steroid dienone is 10. The van der Waals surface area contributed by atoms with Crippen molar-refractivity contribution >= 4 is 34.2 Å². The van der Waals surface area contributed by atoms with Gasteiger partial charge in [-0.05, 0) is 98.2 Å². The van der Waals surface area contributed by atoms with Crippen LogP contribution in [0, 0.1) is 11.8 Å². The van der Waals surface area contributed by atoms with Gasteiger partial charge in [0.1, 0.15) is 0 Å². The average molecular weight is 889 g/mol. The first kappa shape index (κ1) is 43.2. The highest BCUT2D eigenvalue weighted by Gasteiger charge is 2.23. The molecule has 2 heterocycles. The molecule has 0 amide bonds. The van der Waals surface area contributed by atoms with E-state index in [1.165, 1.54) is 27.8 Å². The summed E-state index contributed by atoms with van der Waals surface area (Å²) in [5.74, 6) is 1.96. The molecule has 7 aromatic rings. The predicted molar refractivity (Wildman–Crippen MR) is 290 cm³/mol. The highest BCUT2D eigenvalue weighted by molar-refractivity contribution is 6.15. The molecule has 0 fully saturated rings. The van der Waals surface area contributed by atoms with E-state index in [-0.39, 0.29) is 5.92 Å². The molecular weight excluding hydrogens is 837 g/mol. The predicted octanol–water partition coefficient (Wildman–Crippen LogP) is 15.8. The largest absolute Gasteiger partial charge is 0.233 e. The minimum Gasteiger partial charge on any atom is -0.233 e. The quantitative estimate of drug-likeness (QED) is 0.131. The van der Waals surface area contributed by atoms with Crippen LogP contribution in [0.4, 0.5) is 0 Å². The smallest absolute Gasteiger partial charge is 0.160 e. The van der Waals surface area contributed by atoms with Crippen LogP contribution in [-0.4, -0.2) is 23.1 Å². The maximum Gasteiger partial charge on any atom is 0.160 e. The molecule has 4 nitrogen and oxygen atoms in total. The first-order valence-corrected chi connectivity index (χ1v) is 24.1. The van der Waals surface area contributed by atoms with E-state index in [1.54, 1.807) is 0 Å². The van der Waals surface area contributed by atoms with E-state index in [0.717, 1.165) is 91.8 Å². The maximum atomic E-state index is 5.44. The molecule has 69 heavy (non-hydrogen) atoms. The molecule has 2 atom stereocenters. The van der Waals surface area contributed by atoms with E-state index >= 15 is 0 Å². The highest BCUT2D eigenvalue weighted by Crippen LogP contribution is 2.37. The lowest BCUT2D eigenvalue weighted by Crippen LogP contribution is -2.07. The third-order valence-electron chi connectivity index (χ3n) is 13.4. The zero-order valence-electron chi connectivity index (χ0n) is 38.8. The van der Waals surface area contributed by atoms with Crippen molar-refractivity contribution in [2.45, 2.75) is 32.6 Å². The standard InChI is InChI=1S/C65H52N4/c1-45-40-57(34-35-59(45)48-22-10-4-11-23-48)63-39-38-62(68-65(69-63)58-33-17-27-51(44-58)47-20-8-3-9-21-47)56-32-16-29-53(43-56)52-28-15-31-55(42-52)61-37-36-60(66-64(67-61)49-24-12-5-13-25-49)54-30-14-26-50(41-54)46-18-6-2-7-19-46/h2-29,31-36,39,41-45,54H,30,37-38,40H2,1H3. The van der Waals surface area contributed by atoms with Crippen molar-refractivity contribution in [3.63, 3.8) is 0 Å². The van der Waals surface area contributed by atoms with Gasteiger partial charge in [-0.15, -0.1) is 0 Å². The van der Waals surface area contributed by atoms with Gasteiger partial charge in [0.05, 0.1) is 17.1 Å². The summed E-state index contributed by atoms with van der Waals surface area (Å²) in [5.41, 5.74) is 19.0. The van der Waals surface area contributed by atoms with E-state index < -0.39 is 0 Å². The lowest BCUT2D eigenvalue weighted by molar-refractivity contribution is 0.730. The number of aliphatic imine (C=N–C) groups is 4. The van der Waals surface area contributed by atoms with Gasteiger partial charge < -0.3 is 0 Å². The second kappa shape index (κ2) is 19.9. The minimum atomic E-state index is 0.149. The number of amidine groups is 2. The SMILES string of the molecule is CC1CC(C2=CCC(c3cccc(-c4cccc(C5=NC(c6ccccc6)=NC(C6C=C(c7ccccc7)C=CC6)=CC5)c4)c3)=NC(c3cccc(-c4ccccc4)c3)=N2)=CC=C1c1ccccc1. The fraction of sp³-hybridized carbons (Fsp3) is 0.108. The molecule has 0 radical (unpaired) electrons. The van der Waals surface area contributed by atoms with Crippen molar-refractivity contribution in [1.82, 2.24) is 0 Å². The Balaban J connectivity index is 0.927. The van der Waals surface area contributed by atoms with Gasteiger partial charge in [0.15, 0.2) is 11.7 Å². The Kier molecular flexibility index (Phi) is 12.4. The van der Waals surface area contributed by atoms with Crippen LogP contribution >= 0.6 is 0 Å². The molecule has 11 rings (SSSR count). The van der Waals surface area contributed by atoms with Gasteiger partial charge in [-0.25, -0.2) is 20.0 Å². The minimum absolute atomic E-state index is 0.149. The van der Waals surface area contributed by atoms with Gasteiger partial charge >= 0.3 is 0 Å². The normalized spacial score (nSPS) is 18.1. The lowest BCUT2D eigenvalue weighted by Gasteiger charge is -2.22. The van der Waals surface area contributed by atoms with Crippen molar-refractivity contribution in [3.05, 3.63) is 287 Å². The second-order valence-corrected chi connectivity index (χ2v) is 18.1. The Labute approximate surface area is 406 Å². The number of benzene rings is 7. The molecule has 2 aliphatic heterocycles. The van der Waals surface area contributed by atoms with E-state index in [0.29, 0.717) is 18.8 Å². The van der Waals surface area contributed by atoms with Gasteiger partial charge in [-0.3, -0.25) is 0 Å².